The summed E-state index contributed by atoms with van der Waals surface area (Å²) in [6.45, 7) is 0.572. The van der Waals surface area contributed by atoms with Gasteiger partial charge in [-0.15, -0.1) is 0 Å². The van der Waals surface area contributed by atoms with Gasteiger partial charge in [-0.1, -0.05) is 0 Å². The first-order chi connectivity index (χ1) is 6.09. The second-order valence-corrected chi connectivity index (χ2v) is 5.15. The fourth-order valence-electron chi connectivity index (χ4n) is 1.18. The molecule has 1 fully saturated rings. The SMILES string of the molecule is N#CC(C#N)N1CCS(=O)(=O)CC1. The van der Waals surface area contributed by atoms with E-state index in [2.05, 4.69) is 0 Å². The zero-order valence-corrected chi connectivity index (χ0v) is 7.79. The molecule has 0 aromatic heterocycles. The number of hydrogen-bond donors (Lipinski definition) is 0. The summed E-state index contributed by atoms with van der Waals surface area (Å²) < 4.78 is 22.0. The summed E-state index contributed by atoms with van der Waals surface area (Å²) in [4.78, 5) is 1.58. The highest BCUT2D eigenvalue weighted by molar-refractivity contribution is 7.91. The van der Waals surface area contributed by atoms with Crippen molar-refractivity contribution in [2.45, 2.75) is 6.04 Å². The average Bonchev–Trinajstić information content (AvgIpc) is 2.09. The van der Waals surface area contributed by atoms with Crippen LogP contribution in [0.25, 0.3) is 0 Å². The molecule has 6 heteroatoms. The van der Waals surface area contributed by atoms with Gasteiger partial charge in [0.15, 0.2) is 15.9 Å². The third kappa shape index (κ3) is 2.41. The molecule has 70 valence electrons. The highest BCUT2D eigenvalue weighted by Crippen LogP contribution is 2.06. The van der Waals surface area contributed by atoms with Crippen LogP contribution in [-0.4, -0.2) is 44.0 Å². The maximum atomic E-state index is 11.0. The normalized spacial score (nSPS) is 22.1. The van der Waals surface area contributed by atoms with Crippen LogP contribution in [0.1, 0.15) is 0 Å². The van der Waals surface area contributed by atoms with Crippen molar-refractivity contribution in [2.24, 2.45) is 0 Å². The molecule has 0 atom stereocenters. The van der Waals surface area contributed by atoms with Crippen LogP contribution in [0, 0.1) is 22.7 Å². The Morgan fingerprint density at radius 3 is 2.00 bits per heavy atom. The number of sulfone groups is 1. The monoisotopic (exact) mass is 199 g/mol. The van der Waals surface area contributed by atoms with Crippen molar-refractivity contribution in [3.05, 3.63) is 0 Å². The molecular formula is C7H9N3O2S. The third-order valence-corrected chi connectivity index (χ3v) is 3.60. The van der Waals surface area contributed by atoms with E-state index in [1.54, 1.807) is 4.90 Å². The Labute approximate surface area is 77.1 Å². The molecule has 0 unspecified atom stereocenters. The number of nitrogens with zero attached hydrogens (tertiary/aromatic N) is 3. The van der Waals surface area contributed by atoms with Crippen molar-refractivity contribution in [3.63, 3.8) is 0 Å². The Morgan fingerprint density at radius 2 is 1.62 bits per heavy atom. The Morgan fingerprint density at radius 1 is 1.15 bits per heavy atom. The van der Waals surface area contributed by atoms with Gasteiger partial charge >= 0.3 is 0 Å². The molecule has 0 spiro atoms. The Bertz CT molecular complexity index is 334. The summed E-state index contributed by atoms with van der Waals surface area (Å²) in [5.74, 6) is 0.0969. The smallest absolute Gasteiger partial charge is 0.186 e. The van der Waals surface area contributed by atoms with Crippen molar-refractivity contribution < 1.29 is 8.42 Å². The van der Waals surface area contributed by atoms with E-state index in [1.165, 1.54) is 0 Å². The molecule has 13 heavy (non-hydrogen) atoms. The minimum Gasteiger partial charge on any atom is -0.274 e. The minimum absolute atomic E-state index is 0.0485. The van der Waals surface area contributed by atoms with E-state index >= 15 is 0 Å². The van der Waals surface area contributed by atoms with Crippen molar-refractivity contribution in [2.75, 3.05) is 24.6 Å². The molecule has 1 aliphatic heterocycles. The van der Waals surface area contributed by atoms with Crippen molar-refractivity contribution in [1.82, 2.24) is 4.90 Å². The topological polar surface area (TPSA) is 85.0 Å². The van der Waals surface area contributed by atoms with Crippen LogP contribution < -0.4 is 0 Å². The van der Waals surface area contributed by atoms with E-state index in [0.29, 0.717) is 0 Å². The lowest BCUT2D eigenvalue weighted by molar-refractivity contribution is 0.289. The van der Waals surface area contributed by atoms with Crippen LogP contribution in [0.15, 0.2) is 0 Å². The molecule has 1 saturated heterocycles. The molecule has 0 N–H and O–H groups in total. The maximum Gasteiger partial charge on any atom is 0.186 e. The standard InChI is InChI=1S/C7H9N3O2S/c8-5-7(6-9)10-1-3-13(11,12)4-2-10/h7H,1-4H2. The number of hydrogen-bond acceptors (Lipinski definition) is 5. The van der Waals surface area contributed by atoms with Gasteiger partial charge in [-0.2, -0.15) is 10.5 Å². The maximum absolute atomic E-state index is 11.0. The fourth-order valence-corrected chi connectivity index (χ4v) is 2.41. The molecule has 0 saturated carbocycles. The molecule has 0 aromatic rings. The van der Waals surface area contributed by atoms with Gasteiger partial charge in [0.1, 0.15) is 0 Å². The first kappa shape index (κ1) is 9.97. The molecule has 0 radical (unpaired) electrons. The first-order valence-electron chi connectivity index (χ1n) is 3.83. The first-order valence-corrected chi connectivity index (χ1v) is 5.65. The summed E-state index contributed by atoms with van der Waals surface area (Å²) in [5, 5.41) is 17.1. The lowest BCUT2D eigenvalue weighted by Gasteiger charge is -2.26. The van der Waals surface area contributed by atoms with Crippen LogP contribution in [0.5, 0.6) is 0 Å². The van der Waals surface area contributed by atoms with Crippen LogP contribution in [0.4, 0.5) is 0 Å². The average molecular weight is 199 g/mol. The summed E-state index contributed by atoms with van der Waals surface area (Å²) >= 11 is 0. The van der Waals surface area contributed by atoms with Gasteiger partial charge in [0.2, 0.25) is 0 Å². The predicted octanol–water partition coefficient (Wildman–Crippen LogP) is -0.867. The minimum atomic E-state index is -2.93. The zero-order valence-electron chi connectivity index (χ0n) is 6.97. The van der Waals surface area contributed by atoms with Crippen molar-refractivity contribution in [1.29, 1.82) is 10.5 Å². The van der Waals surface area contributed by atoms with E-state index in [4.69, 9.17) is 10.5 Å². The van der Waals surface area contributed by atoms with Crippen molar-refractivity contribution in [3.8, 4) is 12.1 Å². The van der Waals surface area contributed by atoms with Gasteiger partial charge in [0.05, 0.1) is 23.6 Å². The second kappa shape index (κ2) is 3.73. The molecular weight excluding hydrogens is 190 g/mol. The molecule has 0 amide bonds. The van der Waals surface area contributed by atoms with Crippen LogP contribution >= 0.6 is 0 Å². The largest absolute Gasteiger partial charge is 0.274 e. The highest BCUT2D eigenvalue weighted by atomic mass is 32.2. The Hall–Kier alpha value is -1.11. The van der Waals surface area contributed by atoms with Gasteiger partial charge in [-0.05, 0) is 0 Å². The summed E-state index contributed by atoms with van der Waals surface area (Å²) in [7, 11) is -2.93. The second-order valence-electron chi connectivity index (χ2n) is 2.85. The Balaban J connectivity index is 2.62. The molecule has 1 rings (SSSR count). The lowest BCUT2D eigenvalue weighted by Crippen LogP contribution is -2.44. The van der Waals surface area contributed by atoms with Gasteiger partial charge in [0.25, 0.3) is 0 Å². The molecule has 1 heterocycles. The third-order valence-electron chi connectivity index (χ3n) is 1.99. The number of rotatable bonds is 1. The highest BCUT2D eigenvalue weighted by Gasteiger charge is 2.26. The number of nitriles is 2. The summed E-state index contributed by atoms with van der Waals surface area (Å²) in [5.41, 5.74) is 0. The zero-order chi connectivity index (χ0) is 9.90. The quantitative estimate of drug-likeness (QED) is 0.548. The van der Waals surface area contributed by atoms with Crippen LogP contribution in [0.3, 0.4) is 0 Å². The lowest BCUT2D eigenvalue weighted by atomic mass is 10.3. The van der Waals surface area contributed by atoms with Gasteiger partial charge in [-0.25, -0.2) is 8.42 Å². The van der Waals surface area contributed by atoms with E-state index < -0.39 is 15.9 Å². The van der Waals surface area contributed by atoms with E-state index in [1.807, 2.05) is 12.1 Å². The predicted molar refractivity (Wildman–Crippen MR) is 45.2 cm³/mol. The van der Waals surface area contributed by atoms with Crippen LogP contribution in [-0.2, 0) is 9.84 Å². The summed E-state index contributed by atoms with van der Waals surface area (Å²) in [6.07, 6.45) is 0. The summed E-state index contributed by atoms with van der Waals surface area (Å²) in [6, 6.07) is 2.83. The molecule has 0 bridgehead atoms. The van der Waals surface area contributed by atoms with E-state index in [9.17, 15) is 8.42 Å². The Kier molecular flexibility index (Phi) is 2.86. The van der Waals surface area contributed by atoms with Gasteiger partial charge in [0, 0.05) is 13.1 Å². The molecule has 0 aliphatic carbocycles. The molecule has 1 aliphatic rings. The fraction of sp³-hybridized carbons (Fsp3) is 0.714. The van der Waals surface area contributed by atoms with Gasteiger partial charge < -0.3 is 0 Å². The van der Waals surface area contributed by atoms with Gasteiger partial charge in [-0.3, -0.25) is 4.90 Å². The van der Waals surface area contributed by atoms with Crippen molar-refractivity contribution >= 4 is 9.84 Å². The van der Waals surface area contributed by atoms with E-state index in [0.717, 1.165) is 0 Å². The van der Waals surface area contributed by atoms with E-state index in [-0.39, 0.29) is 24.6 Å². The molecule has 5 nitrogen and oxygen atoms in total. The molecule has 0 aromatic carbocycles. The van der Waals surface area contributed by atoms with Crippen LogP contribution in [0.2, 0.25) is 0 Å².